The number of H-pyrrole nitrogens is 1. The van der Waals surface area contributed by atoms with Gasteiger partial charge in [0.05, 0.1) is 16.6 Å². The van der Waals surface area contributed by atoms with Crippen LogP contribution in [0.25, 0.3) is 10.9 Å². The van der Waals surface area contributed by atoms with E-state index in [0.717, 1.165) is 59.8 Å². The number of pyridine rings is 1. The molecule has 216 valence electrons. The highest BCUT2D eigenvalue weighted by Gasteiger charge is 2.42. The minimum Gasteiger partial charge on any atom is -0.366 e. The molecular formula is C28H27F6N7. The van der Waals surface area contributed by atoms with E-state index >= 15 is 0 Å². The highest BCUT2D eigenvalue weighted by atomic mass is 19.4. The van der Waals surface area contributed by atoms with Crippen molar-refractivity contribution in [2.75, 3.05) is 10.2 Å². The minimum absolute atomic E-state index is 0.0344. The number of anilines is 2. The van der Waals surface area contributed by atoms with Crippen LogP contribution in [-0.2, 0) is 25.4 Å². The number of nitrogens with one attached hydrogen (secondary N) is 2. The Morgan fingerprint density at radius 2 is 1.59 bits per heavy atom. The van der Waals surface area contributed by atoms with Gasteiger partial charge in [0.2, 0.25) is 0 Å². The number of nitrogens with zero attached hydrogens (tertiary/aromatic N) is 5. The highest BCUT2D eigenvalue weighted by Crippen LogP contribution is 2.46. The van der Waals surface area contributed by atoms with Crippen LogP contribution in [0.15, 0.2) is 42.5 Å². The summed E-state index contributed by atoms with van der Waals surface area (Å²) in [6.45, 7) is 1.71. The summed E-state index contributed by atoms with van der Waals surface area (Å²) in [7, 11) is 0. The van der Waals surface area contributed by atoms with E-state index in [9.17, 15) is 26.3 Å². The van der Waals surface area contributed by atoms with Gasteiger partial charge < -0.3 is 10.2 Å². The van der Waals surface area contributed by atoms with Crippen LogP contribution >= 0.6 is 0 Å². The maximum Gasteiger partial charge on any atom is 0.416 e. The van der Waals surface area contributed by atoms with Crippen LogP contribution in [0.2, 0.25) is 0 Å². The summed E-state index contributed by atoms with van der Waals surface area (Å²) in [6, 6.07) is 9.58. The van der Waals surface area contributed by atoms with Gasteiger partial charge in [-0.3, -0.25) is 0 Å². The van der Waals surface area contributed by atoms with Crippen molar-refractivity contribution in [3.8, 4) is 0 Å². The lowest BCUT2D eigenvalue weighted by atomic mass is 10.0. The SMILES string of the molecule is Cc1cccc2cc(CN(Cc3cc(C(F)(F)F)cc(C(F)(F)F)c3)c3nn[nH]n3)c(NC(C3CC3)C3CC3)nc12. The van der Waals surface area contributed by atoms with E-state index in [0.29, 0.717) is 17.7 Å². The Labute approximate surface area is 231 Å². The standard InChI is InChI=1S/C28H27F6N7/c1-15-3-2-4-19-11-20(25(35-23(15)19)36-24(17-5-6-17)18-7-8-18)14-41(26-37-39-40-38-26)13-16-9-21(27(29,30)31)12-22(10-16)28(32,33)34/h2-4,9-12,17-18,24H,5-8,13-14H2,1H3,(H,35,36)(H,37,38,39,40). The van der Waals surface area contributed by atoms with Crippen LogP contribution in [-0.4, -0.2) is 31.6 Å². The molecule has 0 unspecified atom stereocenters. The van der Waals surface area contributed by atoms with Crippen LogP contribution in [0.1, 0.15) is 53.5 Å². The Kier molecular flexibility index (Phi) is 6.77. The quantitative estimate of drug-likeness (QED) is 0.211. The fraction of sp³-hybridized carbons (Fsp3) is 0.429. The van der Waals surface area contributed by atoms with E-state index in [1.165, 1.54) is 4.90 Å². The Morgan fingerprint density at radius 1 is 0.927 bits per heavy atom. The van der Waals surface area contributed by atoms with Gasteiger partial charge in [0.15, 0.2) is 0 Å². The van der Waals surface area contributed by atoms with Crippen molar-refractivity contribution >= 4 is 22.7 Å². The average molecular weight is 576 g/mol. The number of aromatic amines is 1. The molecule has 0 amide bonds. The van der Waals surface area contributed by atoms with Crippen molar-refractivity contribution in [1.29, 1.82) is 0 Å². The summed E-state index contributed by atoms with van der Waals surface area (Å²) >= 11 is 0. The summed E-state index contributed by atoms with van der Waals surface area (Å²) in [5.74, 6) is 1.80. The average Bonchev–Trinajstić information content (AvgIpc) is 3.85. The minimum atomic E-state index is -4.95. The first-order valence-corrected chi connectivity index (χ1v) is 13.4. The Bertz CT molecular complexity index is 1500. The number of fused-ring (bicyclic) bond motifs is 1. The second kappa shape index (κ2) is 10.2. The normalized spacial score (nSPS) is 16.0. The molecular weight excluding hydrogens is 548 g/mol. The van der Waals surface area contributed by atoms with Gasteiger partial charge in [0.1, 0.15) is 5.82 Å². The molecule has 0 saturated heterocycles. The van der Waals surface area contributed by atoms with Gasteiger partial charge >= 0.3 is 12.4 Å². The van der Waals surface area contributed by atoms with Crippen molar-refractivity contribution in [2.45, 2.75) is 64.1 Å². The molecule has 0 radical (unpaired) electrons. The van der Waals surface area contributed by atoms with Crippen molar-refractivity contribution < 1.29 is 26.3 Å². The molecule has 2 aromatic carbocycles. The van der Waals surface area contributed by atoms with Gasteiger partial charge in [0, 0.05) is 30.1 Å². The highest BCUT2D eigenvalue weighted by molar-refractivity contribution is 5.84. The smallest absolute Gasteiger partial charge is 0.366 e. The molecule has 0 aliphatic heterocycles. The zero-order chi connectivity index (χ0) is 28.9. The molecule has 0 spiro atoms. The zero-order valence-corrected chi connectivity index (χ0v) is 22.0. The molecule has 2 aromatic heterocycles. The monoisotopic (exact) mass is 575 g/mol. The van der Waals surface area contributed by atoms with Gasteiger partial charge in [0.25, 0.3) is 5.95 Å². The molecule has 6 rings (SSSR count). The predicted octanol–water partition coefficient (Wildman–Crippen LogP) is 6.90. The molecule has 2 saturated carbocycles. The summed E-state index contributed by atoms with van der Waals surface area (Å²) in [5, 5.41) is 18.4. The molecule has 7 nitrogen and oxygen atoms in total. The lowest BCUT2D eigenvalue weighted by Crippen LogP contribution is -2.28. The first kappa shape index (κ1) is 27.3. The van der Waals surface area contributed by atoms with E-state index in [4.69, 9.17) is 4.98 Å². The lowest BCUT2D eigenvalue weighted by Gasteiger charge is -2.26. The number of hydrogen-bond donors (Lipinski definition) is 2. The van der Waals surface area contributed by atoms with E-state index < -0.39 is 23.5 Å². The van der Waals surface area contributed by atoms with Crippen molar-refractivity contribution in [3.63, 3.8) is 0 Å². The molecule has 0 atom stereocenters. The van der Waals surface area contributed by atoms with E-state index in [2.05, 4.69) is 25.9 Å². The fourth-order valence-electron chi connectivity index (χ4n) is 5.35. The third-order valence-corrected chi connectivity index (χ3v) is 7.69. The van der Waals surface area contributed by atoms with Crippen molar-refractivity contribution in [2.24, 2.45) is 11.8 Å². The Hall–Kier alpha value is -3.90. The molecule has 2 aliphatic carbocycles. The molecule has 2 aliphatic rings. The number of tetrazole rings is 1. The number of benzene rings is 2. The van der Waals surface area contributed by atoms with Gasteiger partial charge in [-0.15, -0.1) is 5.10 Å². The number of para-hydroxylation sites is 1. The topological polar surface area (TPSA) is 82.6 Å². The summed E-state index contributed by atoms with van der Waals surface area (Å²) in [6.07, 6.45) is -5.34. The molecule has 0 bridgehead atoms. The number of rotatable bonds is 9. The summed E-state index contributed by atoms with van der Waals surface area (Å²) < 4.78 is 81.3. The van der Waals surface area contributed by atoms with Crippen LogP contribution in [0.5, 0.6) is 0 Å². The number of hydrogen-bond acceptors (Lipinski definition) is 6. The van der Waals surface area contributed by atoms with Gasteiger partial charge in [-0.2, -0.15) is 31.6 Å². The van der Waals surface area contributed by atoms with Gasteiger partial charge in [-0.1, -0.05) is 23.3 Å². The molecule has 2 N–H and O–H groups in total. The molecule has 41 heavy (non-hydrogen) atoms. The molecule has 4 aromatic rings. The van der Waals surface area contributed by atoms with Crippen LogP contribution < -0.4 is 10.2 Å². The van der Waals surface area contributed by atoms with Gasteiger partial charge in [-0.25, -0.2) is 4.98 Å². The Balaban J connectivity index is 1.40. The molecule has 2 fully saturated rings. The van der Waals surface area contributed by atoms with E-state index in [-0.39, 0.29) is 36.7 Å². The number of alkyl halides is 6. The number of halogens is 6. The number of aryl methyl sites for hydroxylation is 1. The van der Waals surface area contributed by atoms with Crippen LogP contribution in [0.3, 0.4) is 0 Å². The Morgan fingerprint density at radius 3 is 2.15 bits per heavy atom. The second-order valence-corrected chi connectivity index (χ2v) is 11.0. The third kappa shape index (κ3) is 6.08. The van der Waals surface area contributed by atoms with Gasteiger partial charge in [-0.05, 0) is 85.0 Å². The predicted molar refractivity (Wildman–Crippen MR) is 140 cm³/mol. The summed E-state index contributed by atoms with van der Waals surface area (Å²) in [5.41, 5.74) is -0.408. The fourth-order valence-corrected chi connectivity index (χ4v) is 5.35. The van der Waals surface area contributed by atoms with Crippen molar-refractivity contribution in [1.82, 2.24) is 25.6 Å². The maximum absolute atomic E-state index is 13.6. The van der Waals surface area contributed by atoms with Crippen molar-refractivity contribution in [3.05, 3.63) is 70.3 Å². The zero-order valence-electron chi connectivity index (χ0n) is 22.0. The lowest BCUT2D eigenvalue weighted by molar-refractivity contribution is -0.143. The molecule has 13 heteroatoms. The second-order valence-electron chi connectivity index (χ2n) is 11.0. The largest absolute Gasteiger partial charge is 0.416 e. The summed E-state index contributed by atoms with van der Waals surface area (Å²) in [4.78, 5) is 6.46. The first-order chi connectivity index (χ1) is 19.5. The third-order valence-electron chi connectivity index (χ3n) is 7.69. The van der Waals surface area contributed by atoms with Crippen LogP contribution in [0, 0.1) is 18.8 Å². The maximum atomic E-state index is 13.6. The van der Waals surface area contributed by atoms with E-state index in [1.807, 2.05) is 31.2 Å². The molecule has 2 heterocycles. The van der Waals surface area contributed by atoms with Crippen LogP contribution in [0.4, 0.5) is 38.1 Å². The van der Waals surface area contributed by atoms with E-state index in [1.54, 1.807) is 0 Å². The number of aromatic nitrogens is 5. The first-order valence-electron chi connectivity index (χ1n) is 13.4.